The smallest absolute Gasteiger partial charge is 0.237 e. The highest BCUT2D eigenvalue weighted by atomic mass is 16.2. The summed E-state index contributed by atoms with van der Waals surface area (Å²) >= 11 is 0. The summed E-state index contributed by atoms with van der Waals surface area (Å²) in [6, 6.07) is 25.9. The minimum atomic E-state index is -0.189. The lowest BCUT2D eigenvalue weighted by Gasteiger charge is -2.38. The van der Waals surface area contributed by atoms with Gasteiger partial charge < -0.3 is 10.2 Å². The number of hydrogen-bond acceptors (Lipinski definition) is 4. The van der Waals surface area contributed by atoms with Crippen molar-refractivity contribution in [1.29, 1.82) is 0 Å². The van der Waals surface area contributed by atoms with Gasteiger partial charge in [0.1, 0.15) is 5.82 Å². The first-order valence-electron chi connectivity index (χ1n) is 10.5. The molecule has 3 aromatic rings. The van der Waals surface area contributed by atoms with Gasteiger partial charge in [0.2, 0.25) is 5.91 Å². The molecule has 1 aliphatic rings. The first-order chi connectivity index (χ1) is 14.7. The number of carbonyl (C=O) groups excluding carboxylic acids is 1. The second kappa shape index (κ2) is 9.55. The normalized spacial score (nSPS) is 15.7. The van der Waals surface area contributed by atoms with Gasteiger partial charge in [-0.05, 0) is 30.2 Å². The Morgan fingerprint density at radius 2 is 1.40 bits per heavy atom. The molecule has 1 fully saturated rings. The van der Waals surface area contributed by atoms with Crippen molar-refractivity contribution in [3.05, 3.63) is 96.2 Å². The number of anilines is 1. The number of nitrogens with one attached hydrogen (secondary N) is 1. The fourth-order valence-corrected chi connectivity index (χ4v) is 3.96. The Balaban J connectivity index is 1.42. The number of benzene rings is 2. The van der Waals surface area contributed by atoms with Crippen molar-refractivity contribution in [3.8, 4) is 0 Å². The van der Waals surface area contributed by atoms with Crippen LogP contribution < -0.4 is 10.2 Å². The number of nitrogens with zero attached hydrogens (tertiary/aromatic N) is 3. The van der Waals surface area contributed by atoms with Crippen molar-refractivity contribution in [2.75, 3.05) is 31.1 Å². The highest BCUT2D eigenvalue weighted by molar-refractivity contribution is 5.82. The van der Waals surface area contributed by atoms with Crippen molar-refractivity contribution in [2.24, 2.45) is 0 Å². The van der Waals surface area contributed by atoms with Gasteiger partial charge in [-0.1, -0.05) is 66.7 Å². The zero-order chi connectivity index (χ0) is 20.8. The molecule has 1 saturated heterocycles. The number of amides is 1. The molecule has 0 saturated carbocycles. The summed E-state index contributed by atoms with van der Waals surface area (Å²) in [5.41, 5.74) is 2.17. The van der Waals surface area contributed by atoms with E-state index in [2.05, 4.69) is 44.4 Å². The summed E-state index contributed by atoms with van der Waals surface area (Å²) in [4.78, 5) is 22.1. The second-order valence-electron chi connectivity index (χ2n) is 7.65. The zero-order valence-corrected chi connectivity index (χ0v) is 17.3. The molecule has 0 unspecified atom stereocenters. The largest absolute Gasteiger partial charge is 0.354 e. The number of hydrogen-bond donors (Lipinski definition) is 1. The molecule has 0 spiro atoms. The maximum atomic E-state index is 13.2. The summed E-state index contributed by atoms with van der Waals surface area (Å²) in [5, 5.41) is 3.28. The molecule has 0 bridgehead atoms. The van der Waals surface area contributed by atoms with Gasteiger partial charge in [-0.15, -0.1) is 0 Å². The highest BCUT2D eigenvalue weighted by Crippen LogP contribution is 2.22. The molecule has 1 aromatic heterocycles. The lowest BCUT2D eigenvalue weighted by Crippen LogP contribution is -2.54. The molecular weight excluding hydrogens is 372 g/mol. The molecule has 30 heavy (non-hydrogen) atoms. The standard InChI is InChI=1S/C25H28N4O/c1-20(28-16-18-29(19-17-28)23-14-8-9-15-26-23)25(30)27-24(21-10-4-2-5-11-21)22-12-6-3-7-13-22/h2-15,20,24H,16-19H2,1H3,(H,27,30)/t20-/m1/s1. The molecule has 5 heteroatoms. The monoisotopic (exact) mass is 400 g/mol. The molecule has 1 aliphatic heterocycles. The van der Waals surface area contributed by atoms with Gasteiger partial charge >= 0.3 is 0 Å². The minimum Gasteiger partial charge on any atom is -0.354 e. The maximum absolute atomic E-state index is 13.2. The van der Waals surface area contributed by atoms with Crippen LogP contribution in [0.2, 0.25) is 0 Å². The van der Waals surface area contributed by atoms with Crippen molar-refractivity contribution in [3.63, 3.8) is 0 Å². The van der Waals surface area contributed by atoms with Gasteiger partial charge in [0.05, 0.1) is 12.1 Å². The van der Waals surface area contributed by atoms with Gasteiger partial charge in [0.25, 0.3) is 0 Å². The maximum Gasteiger partial charge on any atom is 0.237 e. The summed E-state index contributed by atoms with van der Waals surface area (Å²) in [6.07, 6.45) is 1.82. The predicted octanol–water partition coefficient (Wildman–Crippen LogP) is 3.50. The summed E-state index contributed by atoms with van der Waals surface area (Å²) in [5.74, 6) is 1.06. The van der Waals surface area contributed by atoms with E-state index in [0.717, 1.165) is 43.1 Å². The fourth-order valence-electron chi connectivity index (χ4n) is 3.96. The Morgan fingerprint density at radius 1 is 0.833 bits per heavy atom. The van der Waals surface area contributed by atoms with Crippen LogP contribution in [0.1, 0.15) is 24.1 Å². The second-order valence-corrected chi connectivity index (χ2v) is 7.65. The number of piperazine rings is 1. The van der Waals surface area contributed by atoms with Crippen LogP contribution in [0.4, 0.5) is 5.82 Å². The van der Waals surface area contributed by atoms with Crippen molar-refractivity contribution in [2.45, 2.75) is 19.0 Å². The number of carbonyl (C=O) groups is 1. The predicted molar refractivity (Wildman–Crippen MR) is 120 cm³/mol. The molecule has 4 rings (SSSR count). The van der Waals surface area contributed by atoms with Gasteiger partial charge in [0.15, 0.2) is 0 Å². The lowest BCUT2D eigenvalue weighted by atomic mass is 9.98. The van der Waals surface area contributed by atoms with Crippen LogP contribution in [-0.4, -0.2) is 48.0 Å². The summed E-state index contributed by atoms with van der Waals surface area (Å²) in [6.45, 7) is 5.42. The molecule has 2 heterocycles. The van der Waals surface area contributed by atoms with E-state index in [1.54, 1.807) is 0 Å². The van der Waals surface area contributed by atoms with Gasteiger partial charge in [-0.25, -0.2) is 4.98 Å². The molecule has 154 valence electrons. The van der Waals surface area contributed by atoms with Gasteiger partial charge in [-0.2, -0.15) is 0 Å². The van der Waals surface area contributed by atoms with Crippen LogP contribution in [0, 0.1) is 0 Å². The average molecular weight is 401 g/mol. The van der Waals surface area contributed by atoms with Crippen LogP contribution in [-0.2, 0) is 4.79 Å². The van der Waals surface area contributed by atoms with E-state index in [9.17, 15) is 4.79 Å². The summed E-state index contributed by atoms with van der Waals surface area (Å²) in [7, 11) is 0. The van der Waals surface area contributed by atoms with Crippen molar-refractivity contribution in [1.82, 2.24) is 15.2 Å². The zero-order valence-electron chi connectivity index (χ0n) is 17.3. The summed E-state index contributed by atoms with van der Waals surface area (Å²) < 4.78 is 0. The van der Waals surface area contributed by atoms with Crippen LogP contribution in [0.3, 0.4) is 0 Å². The first-order valence-corrected chi connectivity index (χ1v) is 10.5. The van der Waals surface area contributed by atoms with E-state index in [1.165, 1.54) is 0 Å². The Labute approximate surface area is 178 Å². The molecule has 2 aromatic carbocycles. The van der Waals surface area contributed by atoms with Gasteiger partial charge in [-0.3, -0.25) is 9.69 Å². The fraction of sp³-hybridized carbons (Fsp3) is 0.280. The molecular formula is C25H28N4O. The van der Waals surface area contributed by atoms with E-state index in [4.69, 9.17) is 0 Å². The van der Waals surface area contributed by atoms with E-state index in [1.807, 2.05) is 67.7 Å². The Kier molecular flexibility index (Phi) is 6.40. The number of aromatic nitrogens is 1. The van der Waals surface area contributed by atoms with Crippen molar-refractivity contribution >= 4 is 11.7 Å². The van der Waals surface area contributed by atoms with Crippen LogP contribution in [0.15, 0.2) is 85.1 Å². The molecule has 1 N–H and O–H groups in total. The third-order valence-corrected chi connectivity index (χ3v) is 5.77. The van der Waals surface area contributed by atoms with E-state index in [-0.39, 0.29) is 18.0 Å². The highest BCUT2D eigenvalue weighted by Gasteiger charge is 2.28. The van der Waals surface area contributed by atoms with E-state index in [0.29, 0.717) is 0 Å². The molecule has 1 atom stereocenters. The third-order valence-electron chi connectivity index (χ3n) is 5.77. The molecule has 5 nitrogen and oxygen atoms in total. The Morgan fingerprint density at radius 3 is 1.93 bits per heavy atom. The minimum absolute atomic E-state index is 0.0546. The molecule has 0 aliphatic carbocycles. The van der Waals surface area contributed by atoms with E-state index >= 15 is 0 Å². The number of rotatable bonds is 6. The SMILES string of the molecule is C[C@H](C(=O)NC(c1ccccc1)c1ccccc1)N1CCN(c2ccccn2)CC1. The Bertz CT molecular complexity index is 886. The Hall–Kier alpha value is -3.18. The van der Waals surface area contributed by atoms with Crippen molar-refractivity contribution < 1.29 is 4.79 Å². The van der Waals surface area contributed by atoms with E-state index < -0.39 is 0 Å². The van der Waals surface area contributed by atoms with Gasteiger partial charge in [0, 0.05) is 32.4 Å². The number of pyridine rings is 1. The molecule has 0 radical (unpaired) electrons. The quantitative estimate of drug-likeness (QED) is 0.688. The lowest BCUT2D eigenvalue weighted by molar-refractivity contribution is -0.126. The van der Waals surface area contributed by atoms with Crippen LogP contribution in [0.25, 0.3) is 0 Å². The first kappa shape index (κ1) is 20.1. The topological polar surface area (TPSA) is 48.5 Å². The van der Waals surface area contributed by atoms with Crippen LogP contribution >= 0.6 is 0 Å². The average Bonchev–Trinajstić information content (AvgIpc) is 2.83. The third kappa shape index (κ3) is 4.69. The molecule has 1 amide bonds. The van der Waals surface area contributed by atoms with Crippen LogP contribution in [0.5, 0.6) is 0 Å².